The highest BCUT2D eigenvalue weighted by Gasteiger charge is 2.18. The van der Waals surface area contributed by atoms with Crippen LogP contribution in [0, 0.1) is 0 Å². The zero-order valence-electron chi connectivity index (χ0n) is 12.5. The number of rotatable bonds is 6. The summed E-state index contributed by atoms with van der Waals surface area (Å²) in [7, 11) is 0. The lowest BCUT2D eigenvalue weighted by Gasteiger charge is -2.11. The van der Waals surface area contributed by atoms with Gasteiger partial charge in [-0.1, -0.05) is 23.3 Å². The Morgan fingerprint density at radius 3 is 2.53 bits per heavy atom. The van der Waals surface area contributed by atoms with Gasteiger partial charge in [-0.05, 0) is 59.3 Å². The Bertz CT molecular complexity index is 335. The number of alkyl carbamates (subject to hydrolysis) is 1. The fourth-order valence-corrected chi connectivity index (χ4v) is 2.20. The molecule has 0 saturated heterocycles. The molecule has 3 heteroatoms. The van der Waals surface area contributed by atoms with Crippen LogP contribution in [0.25, 0.3) is 0 Å². The van der Waals surface area contributed by atoms with Gasteiger partial charge in [-0.3, -0.25) is 0 Å². The molecule has 1 saturated carbocycles. The molecule has 1 fully saturated rings. The SMILES string of the molecule is CC(C)=CCC/C(C)=C\CNC(=O)OC1CCCC1. The number of amides is 1. The van der Waals surface area contributed by atoms with E-state index in [4.69, 9.17) is 4.74 Å². The maximum atomic E-state index is 11.5. The van der Waals surface area contributed by atoms with Crippen LogP contribution >= 0.6 is 0 Å². The van der Waals surface area contributed by atoms with Crippen LogP contribution < -0.4 is 5.32 Å². The second-order valence-corrected chi connectivity index (χ2v) is 5.56. The van der Waals surface area contributed by atoms with Crippen molar-refractivity contribution < 1.29 is 9.53 Å². The van der Waals surface area contributed by atoms with E-state index in [1.807, 2.05) is 0 Å². The highest BCUT2D eigenvalue weighted by molar-refractivity contribution is 5.67. The van der Waals surface area contributed by atoms with E-state index in [0.29, 0.717) is 6.54 Å². The molecule has 0 aromatic heterocycles. The predicted molar refractivity (Wildman–Crippen MR) is 79.2 cm³/mol. The maximum Gasteiger partial charge on any atom is 0.407 e. The number of hydrogen-bond donors (Lipinski definition) is 1. The van der Waals surface area contributed by atoms with Crippen molar-refractivity contribution in [2.75, 3.05) is 6.54 Å². The van der Waals surface area contributed by atoms with Gasteiger partial charge >= 0.3 is 6.09 Å². The van der Waals surface area contributed by atoms with Gasteiger partial charge < -0.3 is 10.1 Å². The van der Waals surface area contributed by atoms with Crippen LogP contribution in [0.3, 0.4) is 0 Å². The van der Waals surface area contributed by atoms with Crippen LogP contribution in [-0.2, 0) is 4.74 Å². The van der Waals surface area contributed by atoms with Gasteiger partial charge in [0.1, 0.15) is 6.10 Å². The first-order chi connectivity index (χ1) is 9.08. The summed E-state index contributed by atoms with van der Waals surface area (Å²) in [5, 5.41) is 2.79. The second kappa shape index (κ2) is 8.78. The number of nitrogens with one attached hydrogen (secondary N) is 1. The number of carbonyl (C=O) groups excluding carboxylic acids is 1. The van der Waals surface area contributed by atoms with E-state index in [1.54, 1.807) is 0 Å². The Balaban J connectivity index is 2.13. The van der Waals surface area contributed by atoms with Crippen molar-refractivity contribution in [1.29, 1.82) is 0 Å². The van der Waals surface area contributed by atoms with Gasteiger partial charge in [0.05, 0.1) is 0 Å². The highest BCUT2D eigenvalue weighted by atomic mass is 16.6. The molecular weight excluding hydrogens is 238 g/mol. The molecule has 1 N–H and O–H groups in total. The molecule has 0 aliphatic heterocycles. The zero-order chi connectivity index (χ0) is 14.1. The summed E-state index contributed by atoms with van der Waals surface area (Å²) in [6, 6.07) is 0. The molecule has 0 bridgehead atoms. The largest absolute Gasteiger partial charge is 0.446 e. The predicted octanol–water partition coefficient (Wildman–Crippen LogP) is 4.35. The van der Waals surface area contributed by atoms with E-state index < -0.39 is 0 Å². The molecule has 1 aliphatic rings. The molecular formula is C16H27NO2. The highest BCUT2D eigenvalue weighted by Crippen LogP contribution is 2.20. The lowest BCUT2D eigenvalue weighted by Crippen LogP contribution is -2.28. The van der Waals surface area contributed by atoms with Crippen LogP contribution in [0.1, 0.15) is 59.3 Å². The first-order valence-corrected chi connectivity index (χ1v) is 7.31. The maximum absolute atomic E-state index is 11.5. The Morgan fingerprint density at radius 1 is 1.21 bits per heavy atom. The average molecular weight is 265 g/mol. The summed E-state index contributed by atoms with van der Waals surface area (Å²) in [5.41, 5.74) is 2.66. The normalized spacial score (nSPS) is 16.3. The van der Waals surface area contributed by atoms with Gasteiger partial charge in [-0.25, -0.2) is 4.79 Å². The molecule has 1 aliphatic carbocycles. The third-order valence-electron chi connectivity index (χ3n) is 3.36. The molecule has 0 heterocycles. The quantitative estimate of drug-likeness (QED) is 0.725. The first-order valence-electron chi connectivity index (χ1n) is 7.31. The third kappa shape index (κ3) is 7.70. The van der Waals surface area contributed by atoms with Gasteiger partial charge in [-0.15, -0.1) is 0 Å². The molecule has 0 spiro atoms. The minimum atomic E-state index is -0.278. The van der Waals surface area contributed by atoms with Crippen molar-refractivity contribution in [2.45, 2.75) is 65.4 Å². The van der Waals surface area contributed by atoms with Crippen molar-refractivity contribution >= 4 is 6.09 Å². The van der Waals surface area contributed by atoms with Crippen molar-refractivity contribution in [1.82, 2.24) is 5.32 Å². The van der Waals surface area contributed by atoms with E-state index in [0.717, 1.165) is 25.7 Å². The smallest absolute Gasteiger partial charge is 0.407 e. The van der Waals surface area contributed by atoms with Crippen molar-refractivity contribution in [3.8, 4) is 0 Å². The molecule has 1 rings (SSSR count). The van der Waals surface area contributed by atoms with Gasteiger partial charge in [0.2, 0.25) is 0 Å². The standard InChI is InChI=1S/C16H27NO2/c1-13(2)7-6-8-14(3)11-12-17-16(18)19-15-9-4-5-10-15/h7,11,15H,4-6,8-10,12H2,1-3H3,(H,17,18)/b14-11-. The van der Waals surface area contributed by atoms with Crippen LogP contribution in [-0.4, -0.2) is 18.7 Å². The summed E-state index contributed by atoms with van der Waals surface area (Å²) in [6.45, 7) is 6.88. The molecule has 0 aromatic carbocycles. The lowest BCUT2D eigenvalue weighted by molar-refractivity contribution is 0.102. The van der Waals surface area contributed by atoms with Gasteiger partial charge in [0, 0.05) is 6.54 Å². The van der Waals surface area contributed by atoms with Crippen LogP contribution in [0.5, 0.6) is 0 Å². The molecule has 0 radical (unpaired) electrons. The van der Waals surface area contributed by atoms with Crippen molar-refractivity contribution in [3.05, 3.63) is 23.3 Å². The Hall–Kier alpha value is -1.25. The van der Waals surface area contributed by atoms with Gasteiger partial charge in [0.25, 0.3) is 0 Å². The molecule has 3 nitrogen and oxygen atoms in total. The summed E-state index contributed by atoms with van der Waals surface area (Å²) in [6.07, 6.45) is 10.7. The lowest BCUT2D eigenvalue weighted by atomic mass is 10.1. The van der Waals surface area contributed by atoms with Crippen LogP contribution in [0.2, 0.25) is 0 Å². The molecule has 1 amide bonds. The van der Waals surface area contributed by atoms with E-state index in [-0.39, 0.29) is 12.2 Å². The number of carbonyl (C=O) groups is 1. The summed E-state index contributed by atoms with van der Waals surface area (Å²) >= 11 is 0. The third-order valence-corrected chi connectivity index (χ3v) is 3.36. The van der Waals surface area contributed by atoms with E-state index in [2.05, 4.69) is 38.2 Å². The monoisotopic (exact) mass is 265 g/mol. The second-order valence-electron chi connectivity index (χ2n) is 5.56. The Kier molecular flexibility index (Phi) is 7.31. The molecule has 19 heavy (non-hydrogen) atoms. The summed E-state index contributed by atoms with van der Waals surface area (Å²) in [5.74, 6) is 0. The minimum Gasteiger partial charge on any atom is -0.446 e. The van der Waals surface area contributed by atoms with Gasteiger partial charge in [-0.2, -0.15) is 0 Å². The zero-order valence-corrected chi connectivity index (χ0v) is 12.5. The number of hydrogen-bond acceptors (Lipinski definition) is 2. The first kappa shape index (κ1) is 15.8. The fraction of sp³-hybridized carbons (Fsp3) is 0.688. The topological polar surface area (TPSA) is 38.3 Å². The average Bonchev–Trinajstić information content (AvgIpc) is 2.81. The summed E-state index contributed by atoms with van der Waals surface area (Å²) in [4.78, 5) is 11.5. The van der Waals surface area contributed by atoms with E-state index in [9.17, 15) is 4.79 Å². The Labute approximate surface area is 117 Å². The Morgan fingerprint density at radius 2 is 1.89 bits per heavy atom. The summed E-state index contributed by atoms with van der Waals surface area (Å²) < 4.78 is 5.32. The van der Waals surface area contributed by atoms with Crippen LogP contribution in [0.15, 0.2) is 23.3 Å². The molecule has 0 aromatic rings. The van der Waals surface area contributed by atoms with Crippen LogP contribution in [0.4, 0.5) is 4.79 Å². The molecule has 0 atom stereocenters. The number of ether oxygens (including phenoxy) is 1. The van der Waals surface area contributed by atoms with Gasteiger partial charge in [0.15, 0.2) is 0 Å². The minimum absolute atomic E-state index is 0.141. The van der Waals surface area contributed by atoms with E-state index >= 15 is 0 Å². The van der Waals surface area contributed by atoms with Crippen molar-refractivity contribution in [2.24, 2.45) is 0 Å². The van der Waals surface area contributed by atoms with E-state index in [1.165, 1.54) is 24.0 Å². The number of allylic oxidation sites excluding steroid dienone is 3. The molecule has 0 unspecified atom stereocenters. The van der Waals surface area contributed by atoms with Crippen molar-refractivity contribution in [3.63, 3.8) is 0 Å². The fourth-order valence-electron chi connectivity index (χ4n) is 2.20. The molecule has 108 valence electrons.